The van der Waals surface area contributed by atoms with Crippen LogP contribution in [0.5, 0.6) is 0 Å². The zero-order valence-electron chi connectivity index (χ0n) is 10.1. The number of rotatable bonds is 2. The quantitative estimate of drug-likeness (QED) is 0.819. The van der Waals surface area contributed by atoms with Crippen molar-refractivity contribution in [2.45, 2.75) is 30.3 Å². The number of hydrogen-bond acceptors (Lipinski definition) is 1. The SMILES string of the molecule is O=C1NCCCc2ccc(C(Br)CC(F)(F)F)cc21. The Bertz CT molecular complexity index is 487. The van der Waals surface area contributed by atoms with E-state index in [0.717, 1.165) is 18.4 Å². The summed E-state index contributed by atoms with van der Waals surface area (Å²) in [6.45, 7) is 0.600. The highest BCUT2D eigenvalue weighted by Gasteiger charge is 2.31. The summed E-state index contributed by atoms with van der Waals surface area (Å²) < 4.78 is 37.1. The maximum absolute atomic E-state index is 12.4. The van der Waals surface area contributed by atoms with Crippen LogP contribution in [0.25, 0.3) is 0 Å². The van der Waals surface area contributed by atoms with E-state index in [1.165, 1.54) is 0 Å². The minimum Gasteiger partial charge on any atom is -0.352 e. The van der Waals surface area contributed by atoms with E-state index in [1.807, 2.05) is 0 Å². The molecule has 0 saturated heterocycles. The van der Waals surface area contributed by atoms with E-state index in [4.69, 9.17) is 0 Å². The highest BCUT2D eigenvalue weighted by Crippen LogP contribution is 2.36. The van der Waals surface area contributed by atoms with Gasteiger partial charge < -0.3 is 5.32 Å². The molecule has 0 saturated carbocycles. The molecule has 1 N–H and O–H groups in total. The van der Waals surface area contributed by atoms with Gasteiger partial charge in [-0.25, -0.2) is 0 Å². The first-order valence-electron chi connectivity index (χ1n) is 5.98. The summed E-state index contributed by atoms with van der Waals surface area (Å²) in [4.78, 5) is 11.0. The highest BCUT2D eigenvalue weighted by atomic mass is 79.9. The summed E-state index contributed by atoms with van der Waals surface area (Å²) in [5.41, 5.74) is 1.86. The van der Waals surface area contributed by atoms with Gasteiger partial charge in [0.25, 0.3) is 5.91 Å². The number of nitrogens with one attached hydrogen (secondary N) is 1. The van der Waals surface area contributed by atoms with Gasteiger partial charge in [0.2, 0.25) is 0 Å². The van der Waals surface area contributed by atoms with Crippen LogP contribution in [0.2, 0.25) is 0 Å². The zero-order chi connectivity index (χ0) is 14.0. The number of aryl methyl sites for hydroxylation is 1. The second-order valence-electron chi connectivity index (χ2n) is 4.56. The molecule has 19 heavy (non-hydrogen) atoms. The largest absolute Gasteiger partial charge is 0.390 e. The van der Waals surface area contributed by atoms with Gasteiger partial charge >= 0.3 is 6.18 Å². The van der Waals surface area contributed by atoms with Crippen molar-refractivity contribution in [3.63, 3.8) is 0 Å². The van der Waals surface area contributed by atoms with Crippen LogP contribution < -0.4 is 5.32 Å². The zero-order valence-corrected chi connectivity index (χ0v) is 11.6. The second kappa shape index (κ2) is 5.53. The normalized spacial score (nSPS) is 17.4. The molecule has 0 bridgehead atoms. The Morgan fingerprint density at radius 1 is 1.37 bits per heavy atom. The molecule has 1 unspecified atom stereocenters. The molecule has 2 rings (SSSR count). The Balaban J connectivity index is 2.27. The van der Waals surface area contributed by atoms with Crippen molar-refractivity contribution in [2.75, 3.05) is 6.54 Å². The van der Waals surface area contributed by atoms with Crippen LogP contribution in [0.3, 0.4) is 0 Å². The van der Waals surface area contributed by atoms with Gasteiger partial charge in [-0.2, -0.15) is 13.2 Å². The molecule has 6 heteroatoms. The summed E-state index contributed by atoms with van der Waals surface area (Å²) in [5, 5.41) is 2.74. The van der Waals surface area contributed by atoms with Crippen LogP contribution in [0.4, 0.5) is 13.2 Å². The van der Waals surface area contributed by atoms with Crippen LogP contribution in [-0.4, -0.2) is 18.6 Å². The number of carbonyl (C=O) groups is 1. The summed E-state index contributed by atoms with van der Waals surface area (Å²) in [6.07, 6.45) is -3.57. The molecule has 0 spiro atoms. The third-order valence-electron chi connectivity index (χ3n) is 3.06. The fraction of sp³-hybridized carbons (Fsp3) is 0.462. The van der Waals surface area contributed by atoms with Gasteiger partial charge in [-0.1, -0.05) is 28.1 Å². The van der Waals surface area contributed by atoms with Crippen molar-refractivity contribution < 1.29 is 18.0 Å². The molecule has 0 aromatic heterocycles. The molecule has 1 aromatic carbocycles. The van der Waals surface area contributed by atoms with E-state index < -0.39 is 17.4 Å². The predicted molar refractivity (Wildman–Crippen MR) is 69.4 cm³/mol. The van der Waals surface area contributed by atoms with E-state index in [1.54, 1.807) is 18.2 Å². The Morgan fingerprint density at radius 2 is 2.11 bits per heavy atom. The highest BCUT2D eigenvalue weighted by molar-refractivity contribution is 9.09. The monoisotopic (exact) mass is 335 g/mol. The van der Waals surface area contributed by atoms with Gasteiger partial charge in [-0.15, -0.1) is 0 Å². The number of benzene rings is 1. The van der Waals surface area contributed by atoms with Crippen LogP contribution in [-0.2, 0) is 6.42 Å². The summed E-state index contributed by atoms with van der Waals surface area (Å²) in [6, 6.07) is 4.96. The second-order valence-corrected chi connectivity index (χ2v) is 5.67. The van der Waals surface area contributed by atoms with Crippen LogP contribution >= 0.6 is 15.9 Å². The molecule has 2 nitrogen and oxygen atoms in total. The first-order valence-corrected chi connectivity index (χ1v) is 6.90. The molecule has 1 aromatic rings. The van der Waals surface area contributed by atoms with Crippen molar-refractivity contribution in [1.29, 1.82) is 0 Å². The smallest absolute Gasteiger partial charge is 0.352 e. The number of hydrogen-bond donors (Lipinski definition) is 1. The standard InChI is InChI=1S/C13H13BrF3NO/c14-11(7-13(15,16)17)9-4-3-8-2-1-5-18-12(19)10(8)6-9/h3-4,6,11H,1-2,5,7H2,(H,18,19). The third kappa shape index (κ3) is 3.72. The average molecular weight is 336 g/mol. The molecule has 1 amide bonds. The first-order chi connectivity index (χ1) is 8.87. The lowest BCUT2D eigenvalue weighted by Crippen LogP contribution is -2.22. The minimum atomic E-state index is -4.23. The van der Waals surface area contributed by atoms with Gasteiger partial charge in [0.05, 0.1) is 6.42 Å². The Kier molecular flexibility index (Phi) is 4.18. The number of fused-ring (bicyclic) bond motifs is 1. The number of carbonyl (C=O) groups excluding carboxylic acids is 1. The van der Waals surface area contributed by atoms with Gasteiger partial charge in [0.1, 0.15) is 0 Å². The van der Waals surface area contributed by atoms with E-state index >= 15 is 0 Å². The maximum Gasteiger partial charge on any atom is 0.390 e. The molecule has 0 radical (unpaired) electrons. The average Bonchev–Trinajstić information content (AvgIpc) is 2.49. The Morgan fingerprint density at radius 3 is 2.79 bits per heavy atom. The maximum atomic E-state index is 12.4. The van der Waals surface area contributed by atoms with Crippen molar-refractivity contribution >= 4 is 21.8 Å². The number of alkyl halides is 4. The number of amides is 1. The van der Waals surface area contributed by atoms with Crippen molar-refractivity contribution in [3.05, 3.63) is 34.9 Å². The summed E-state index contributed by atoms with van der Waals surface area (Å²) in [5.74, 6) is -0.207. The van der Waals surface area contributed by atoms with Gasteiger partial charge in [-0.05, 0) is 30.0 Å². The molecular formula is C13H13BrF3NO. The molecule has 1 aliphatic heterocycles. The lowest BCUT2D eigenvalue weighted by atomic mass is 9.98. The molecule has 1 aliphatic rings. The molecule has 0 aliphatic carbocycles. The summed E-state index contributed by atoms with van der Waals surface area (Å²) in [7, 11) is 0. The van der Waals surface area contributed by atoms with Crippen LogP contribution in [0, 0.1) is 0 Å². The fourth-order valence-corrected chi connectivity index (χ4v) is 2.77. The minimum absolute atomic E-state index is 0.207. The van der Waals surface area contributed by atoms with E-state index in [2.05, 4.69) is 21.2 Å². The van der Waals surface area contributed by atoms with Gasteiger partial charge in [0.15, 0.2) is 0 Å². The molecule has 0 fully saturated rings. The fourth-order valence-electron chi connectivity index (χ4n) is 2.12. The predicted octanol–water partition coefficient (Wildman–Crippen LogP) is 3.75. The lowest BCUT2D eigenvalue weighted by molar-refractivity contribution is -0.134. The van der Waals surface area contributed by atoms with E-state index in [-0.39, 0.29) is 5.91 Å². The topological polar surface area (TPSA) is 29.1 Å². The lowest BCUT2D eigenvalue weighted by Gasteiger charge is -2.15. The van der Waals surface area contributed by atoms with Crippen LogP contribution in [0.1, 0.15) is 39.2 Å². The molecular weight excluding hydrogens is 323 g/mol. The molecule has 1 atom stereocenters. The van der Waals surface area contributed by atoms with Crippen molar-refractivity contribution in [3.8, 4) is 0 Å². The Hall–Kier alpha value is -1.04. The third-order valence-corrected chi connectivity index (χ3v) is 3.91. The van der Waals surface area contributed by atoms with E-state index in [0.29, 0.717) is 17.7 Å². The van der Waals surface area contributed by atoms with Gasteiger partial charge in [-0.3, -0.25) is 4.79 Å². The van der Waals surface area contributed by atoms with Crippen molar-refractivity contribution in [1.82, 2.24) is 5.32 Å². The first kappa shape index (κ1) is 14.4. The van der Waals surface area contributed by atoms with Gasteiger partial charge in [0, 0.05) is 16.9 Å². The van der Waals surface area contributed by atoms with E-state index in [9.17, 15) is 18.0 Å². The molecule has 1 heterocycles. The number of halogens is 4. The summed E-state index contributed by atoms with van der Waals surface area (Å²) >= 11 is 3.04. The van der Waals surface area contributed by atoms with Crippen LogP contribution in [0.15, 0.2) is 18.2 Å². The van der Waals surface area contributed by atoms with Crippen molar-refractivity contribution in [2.24, 2.45) is 0 Å². The Labute approximate surface area is 117 Å². The molecule has 104 valence electrons.